The minimum atomic E-state index is -1.18. The summed E-state index contributed by atoms with van der Waals surface area (Å²) in [5, 5.41) is 6.45. The molecular weight excluding hydrogens is 666 g/mol. The second-order valence-corrected chi connectivity index (χ2v) is 12.3. The highest BCUT2D eigenvalue weighted by Crippen LogP contribution is 2.17. The second-order valence-electron chi connectivity index (χ2n) is 12.3. The Kier molecular flexibility index (Phi) is 17.6. The van der Waals surface area contributed by atoms with Gasteiger partial charge >= 0.3 is 0 Å². The number of benzene rings is 2. The van der Waals surface area contributed by atoms with Crippen molar-refractivity contribution in [1.82, 2.24) is 25.0 Å². The number of hydrogen-bond donors (Lipinski definition) is 7. The van der Waals surface area contributed by atoms with Gasteiger partial charge in [0.05, 0.1) is 23.4 Å². The van der Waals surface area contributed by atoms with E-state index < -0.39 is 54.7 Å². The van der Waals surface area contributed by atoms with Crippen LogP contribution in [0.1, 0.15) is 24.8 Å². The molecule has 3 rings (SSSR count). The van der Waals surface area contributed by atoms with E-state index in [4.69, 9.17) is 28.7 Å². The van der Waals surface area contributed by atoms with Gasteiger partial charge in [-0.25, -0.2) is 0 Å². The van der Waals surface area contributed by atoms with E-state index in [0.29, 0.717) is 12.1 Å². The first kappa shape index (κ1) is 41.4. The fraction of sp³-hybridized carbons (Fsp3) is 0.444. The summed E-state index contributed by atoms with van der Waals surface area (Å²) in [7, 11) is 0. The van der Waals surface area contributed by atoms with Crippen LogP contribution in [0.25, 0.3) is 10.9 Å². The molecule has 0 radical (unpaired) electrons. The van der Waals surface area contributed by atoms with Gasteiger partial charge in [-0.3, -0.25) is 29.0 Å². The molecule has 282 valence electrons. The number of carbonyl (C=O) groups is 5. The van der Waals surface area contributed by atoms with E-state index in [-0.39, 0.29) is 71.6 Å². The number of rotatable bonds is 22. The molecule has 52 heavy (non-hydrogen) atoms. The number of para-hydroxylation sites is 1. The van der Waals surface area contributed by atoms with Crippen molar-refractivity contribution in [2.45, 2.75) is 37.8 Å². The van der Waals surface area contributed by atoms with Gasteiger partial charge in [0.2, 0.25) is 29.5 Å². The Hall–Kier alpha value is -5.00. The van der Waals surface area contributed by atoms with Gasteiger partial charge in [0.15, 0.2) is 0 Å². The van der Waals surface area contributed by atoms with E-state index in [2.05, 4.69) is 15.6 Å². The smallest absolute Gasteiger partial charge is 0.247 e. The molecule has 0 aliphatic heterocycles. The molecule has 0 aliphatic rings. The average Bonchev–Trinajstić information content (AvgIpc) is 3.14. The highest BCUT2D eigenvalue weighted by molar-refractivity contribution is 5.99. The molecule has 16 nitrogen and oxygen atoms in total. The van der Waals surface area contributed by atoms with E-state index in [1.54, 1.807) is 12.3 Å². The van der Waals surface area contributed by atoms with Crippen LogP contribution in [0.2, 0.25) is 0 Å². The highest BCUT2D eigenvalue weighted by Gasteiger charge is 2.28. The third-order valence-electron chi connectivity index (χ3n) is 8.37. The molecule has 0 aliphatic carbocycles. The van der Waals surface area contributed by atoms with E-state index in [9.17, 15) is 24.0 Å². The maximum atomic E-state index is 13.5. The SMILES string of the molecule is NCCN(CCN)C(=O)CN(CC(=O)N(CCN)CCN)C(=O)CC[C@H](N)C(=O)N[C@@H](CCc1ccccc1)C(=O)Nc1cnc2ccccc2c1. The van der Waals surface area contributed by atoms with Crippen LogP contribution in [0.4, 0.5) is 5.69 Å². The number of amides is 5. The zero-order valence-electron chi connectivity index (χ0n) is 29.6. The zero-order chi connectivity index (χ0) is 37.9. The highest BCUT2D eigenvalue weighted by atomic mass is 16.2. The first-order chi connectivity index (χ1) is 25.1. The van der Waals surface area contributed by atoms with Crippen molar-refractivity contribution in [1.29, 1.82) is 0 Å². The molecular formula is C36H53N11O5. The van der Waals surface area contributed by atoms with E-state index in [0.717, 1.165) is 21.4 Å². The van der Waals surface area contributed by atoms with Crippen LogP contribution in [-0.4, -0.2) is 127 Å². The molecule has 1 heterocycles. The summed E-state index contributed by atoms with van der Waals surface area (Å²) in [5.74, 6) is -2.51. The normalized spacial score (nSPS) is 12.1. The third-order valence-corrected chi connectivity index (χ3v) is 8.37. The topological polar surface area (TPSA) is 262 Å². The molecule has 3 aromatic rings. The van der Waals surface area contributed by atoms with Crippen LogP contribution in [0.3, 0.4) is 0 Å². The maximum Gasteiger partial charge on any atom is 0.247 e. The number of aromatic nitrogens is 1. The predicted octanol–water partition coefficient (Wildman–Crippen LogP) is -1.28. The fourth-order valence-corrected chi connectivity index (χ4v) is 5.54. The van der Waals surface area contributed by atoms with Gasteiger partial charge in [0.25, 0.3) is 0 Å². The third kappa shape index (κ3) is 13.3. The first-order valence-electron chi connectivity index (χ1n) is 17.5. The number of hydrogen-bond acceptors (Lipinski definition) is 11. The Balaban J connectivity index is 1.71. The van der Waals surface area contributed by atoms with E-state index >= 15 is 0 Å². The molecule has 0 unspecified atom stereocenters. The summed E-state index contributed by atoms with van der Waals surface area (Å²) >= 11 is 0. The van der Waals surface area contributed by atoms with Crippen LogP contribution < -0.4 is 39.3 Å². The van der Waals surface area contributed by atoms with Crippen molar-refractivity contribution in [3.63, 3.8) is 0 Å². The second kappa shape index (κ2) is 22.0. The lowest BCUT2D eigenvalue weighted by molar-refractivity contribution is -0.145. The minimum Gasteiger partial charge on any atom is -0.343 e. The number of nitrogens with zero attached hydrogens (tertiary/aromatic N) is 4. The Bertz CT molecular complexity index is 1570. The molecule has 0 saturated carbocycles. The van der Waals surface area contributed by atoms with Gasteiger partial charge < -0.3 is 54.0 Å². The lowest BCUT2D eigenvalue weighted by atomic mass is 10.0. The lowest BCUT2D eigenvalue weighted by Gasteiger charge is -2.29. The van der Waals surface area contributed by atoms with Crippen molar-refractivity contribution in [3.8, 4) is 0 Å². The van der Waals surface area contributed by atoms with Gasteiger partial charge in [-0.05, 0) is 37.0 Å². The first-order valence-corrected chi connectivity index (χ1v) is 17.5. The van der Waals surface area contributed by atoms with Crippen molar-refractivity contribution in [3.05, 3.63) is 72.4 Å². The number of nitrogens with two attached hydrogens (primary N) is 5. The number of fused-ring (bicyclic) bond motifs is 1. The van der Waals surface area contributed by atoms with Gasteiger partial charge in [0, 0.05) is 64.2 Å². The maximum absolute atomic E-state index is 13.5. The van der Waals surface area contributed by atoms with Crippen LogP contribution >= 0.6 is 0 Å². The summed E-state index contributed by atoms with van der Waals surface area (Å²) in [6.45, 7) is 0.825. The summed E-state index contributed by atoms with van der Waals surface area (Å²) in [4.78, 5) is 75.1. The van der Waals surface area contributed by atoms with Crippen LogP contribution in [0.15, 0.2) is 66.9 Å². The van der Waals surface area contributed by atoms with Crippen molar-refractivity contribution in [2.75, 3.05) is 70.8 Å². The molecule has 12 N–H and O–H groups in total. The molecule has 0 fully saturated rings. The standard InChI is InChI=1S/C36H53N11O5/c37-14-18-45(19-15-38)33(49)24-47(25-34(50)46(20-16-39)21-17-40)32(48)13-11-29(41)35(51)44-31(12-10-26-6-2-1-3-7-26)36(52)43-28-22-27-8-4-5-9-30(27)42-23-28/h1-9,22-23,29,31H,10-21,24-25,37-41H2,(H,43,52)(H,44,51)/t29-,31-/m0/s1. The van der Waals surface area contributed by atoms with Crippen molar-refractivity contribution < 1.29 is 24.0 Å². The van der Waals surface area contributed by atoms with Crippen molar-refractivity contribution >= 4 is 46.1 Å². The quantitative estimate of drug-likeness (QED) is 0.0643. The van der Waals surface area contributed by atoms with Gasteiger partial charge in [-0.2, -0.15) is 0 Å². The number of pyridine rings is 1. The Morgan fingerprint density at radius 3 is 1.81 bits per heavy atom. The lowest BCUT2D eigenvalue weighted by Crippen LogP contribution is -2.51. The number of aryl methyl sites for hydroxylation is 1. The van der Waals surface area contributed by atoms with Gasteiger partial charge in [0.1, 0.15) is 19.1 Å². The largest absolute Gasteiger partial charge is 0.343 e. The van der Waals surface area contributed by atoms with Gasteiger partial charge in [-0.1, -0.05) is 48.5 Å². The number of nitrogens with one attached hydrogen (secondary N) is 2. The molecule has 0 bridgehead atoms. The summed E-state index contributed by atoms with van der Waals surface area (Å²) in [6.07, 6.45) is 1.95. The molecule has 2 aromatic carbocycles. The Morgan fingerprint density at radius 1 is 0.673 bits per heavy atom. The van der Waals surface area contributed by atoms with Crippen LogP contribution in [0, 0.1) is 0 Å². The van der Waals surface area contributed by atoms with E-state index in [1.165, 1.54) is 9.80 Å². The molecule has 1 aromatic heterocycles. The summed E-state index contributed by atoms with van der Waals surface area (Å²) in [6, 6.07) is 16.7. The number of anilines is 1. The Labute approximate surface area is 304 Å². The monoisotopic (exact) mass is 719 g/mol. The molecule has 0 spiro atoms. The molecule has 5 amide bonds. The van der Waals surface area contributed by atoms with Crippen LogP contribution in [0.5, 0.6) is 0 Å². The molecule has 16 heteroatoms. The minimum absolute atomic E-state index is 0.115. The fourth-order valence-electron chi connectivity index (χ4n) is 5.54. The van der Waals surface area contributed by atoms with E-state index in [1.807, 2.05) is 54.6 Å². The zero-order valence-corrected chi connectivity index (χ0v) is 29.6. The average molecular weight is 720 g/mol. The Morgan fingerprint density at radius 2 is 1.23 bits per heavy atom. The number of carbonyl (C=O) groups excluding carboxylic acids is 5. The van der Waals surface area contributed by atoms with Crippen LogP contribution in [-0.2, 0) is 30.4 Å². The summed E-state index contributed by atoms with van der Waals surface area (Å²) in [5.41, 5.74) is 31.1. The summed E-state index contributed by atoms with van der Waals surface area (Å²) < 4.78 is 0. The molecule has 2 atom stereocenters. The van der Waals surface area contributed by atoms with Crippen molar-refractivity contribution in [2.24, 2.45) is 28.7 Å². The predicted molar refractivity (Wildman–Crippen MR) is 200 cm³/mol. The molecule has 0 saturated heterocycles. The van der Waals surface area contributed by atoms with Gasteiger partial charge in [-0.15, -0.1) is 0 Å².